The van der Waals surface area contributed by atoms with Crippen molar-refractivity contribution >= 4 is 11.0 Å². The first kappa shape index (κ1) is 10.5. The first-order valence-electron chi connectivity index (χ1n) is 5.42. The van der Waals surface area contributed by atoms with E-state index in [1.807, 2.05) is 0 Å². The lowest BCUT2D eigenvalue weighted by atomic mass is 10.2. The van der Waals surface area contributed by atoms with Crippen LogP contribution in [-0.4, -0.2) is 9.71 Å². The summed E-state index contributed by atoms with van der Waals surface area (Å²) in [6.07, 6.45) is 4.45. The van der Waals surface area contributed by atoms with Crippen LogP contribution in [0.2, 0.25) is 0 Å². The van der Waals surface area contributed by atoms with E-state index < -0.39 is 0 Å². The zero-order chi connectivity index (χ0) is 12.5. The van der Waals surface area contributed by atoms with Crippen LogP contribution in [0.25, 0.3) is 22.3 Å². The molecule has 0 bridgehead atoms. The molecule has 2 aromatic heterocycles. The molecule has 0 aliphatic rings. The van der Waals surface area contributed by atoms with E-state index in [0.717, 1.165) is 4.73 Å². The largest absolute Gasteiger partial charge is 0.805 e. The average Bonchev–Trinajstić information content (AvgIpc) is 2.44. The molecule has 0 aliphatic carbocycles. The van der Waals surface area contributed by atoms with Crippen LogP contribution in [0.1, 0.15) is 0 Å². The van der Waals surface area contributed by atoms with E-state index in [1.165, 1.54) is 6.20 Å². The summed E-state index contributed by atoms with van der Waals surface area (Å²) < 4.78 is 1.47. The Morgan fingerprint density at radius 2 is 1.83 bits per heavy atom. The van der Waals surface area contributed by atoms with Crippen LogP contribution in [-0.2, 0) is 0 Å². The molecule has 5 nitrogen and oxygen atoms in total. The van der Waals surface area contributed by atoms with E-state index in [4.69, 9.17) is 0 Å². The van der Waals surface area contributed by atoms with E-state index in [2.05, 4.69) is 4.98 Å². The summed E-state index contributed by atoms with van der Waals surface area (Å²) in [6.45, 7) is 0. The molecule has 2 heterocycles. The fraction of sp³-hybridized carbons (Fsp3) is 0. The number of fused-ring (bicyclic) bond motifs is 1. The van der Waals surface area contributed by atoms with Crippen LogP contribution in [0.5, 0.6) is 0 Å². The Morgan fingerprint density at radius 3 is 2.61 bits per heavy atom. The monoisotopic (exact) mass is 239 g/mol. The first-order valence-corrected chi connectivity index (χ1v) is 5.42. The standard InChI is InChI=1S/C13H9N3O2/c17-15-9-13(10-5-7-14-8-6-10)16(18)12-4-2-1-3-11(12)15/h1-9H. The van der Waals surface area contributed by atoms with Gasteiger partial charge in [-0.25, -0.2) is 0 Å². The summed E-state index contributed by atoms with van der Waals surface area (Å²) >= 11 is 0. The van der Waals surface area contributed by atoms with E-state index in [1.54, 1.807) is 48.8 Å². The van der Waals surface area contributed by atoms with Crippen molar-refractivity contribution in [3.05, 3.63) is 65.1 Å². The lowest BCUT2D eigenvalue weighted by molar-refractivity contribution is -0.463. The Hall–Kier alpha value is -2.69. The van der Waals surface area contributed by atoms with Gasteiger partial charge in [-0.3, -0.25) is 4.98 Å². The molecule has 0 saturated heterocycles. The van der Waals surface area contributed by atoms with Gasteiger partial charge in [-0.15, -0.1) is 0 Å². The van der Waals surface area contributed by atoms with Crippen LogP contribution in [0.15, 0.2) is 55.0 Å². The number of rotatable bonds is 1. The molecule has 0 unspecified atom stereocenters. The van der Waals surface area contributed by atoms with Crippen molar-refractivity contribution in [1.29, 1.82) is 0 Å². The van der Waals surface area contributed by atoms with Gasteiger partial charge < -0.3 is 9.94 Å². The van der Waals surface area contributed by atoms with E-state index in [0.29, 0.717) is 26.7 Å². The van der Waals surface area contributed by atoms with Crippen molar-refractivity contribution in [1.82, 2.24) is 9.71 Å². The van der Waals surface area contributed by atoms with E-state index in [-0.39, 0.29) is 0 Å². The minimum Gasteiger partial charge on any atom is -0.805 e. The van der Waals surface area contributed by atoms with Crippen molar-refractivity contribution < 1.29 is 4.43 Å². The van der Waals surface area contributed by atoms with Crippen molar-refractivity contribution in [2.45, 2.75) is 0 Å². The van der Waals surface area contributed by atoms with Gasteiger partial charge >= 0.3 is 0 Å². The van der Waals surface area contributed by atoms with Crippen molar-refractivity contribution in [3.8, 4) is 11.3 Å². The SMILES string of the molecule is O=[n+]1cc(-c2ccncc2)n([O-])c2ccccc21. The van der Waals surface area contributed by atoms with Gasteiger partial charge in [0.1, 0.15) is 11.2 Å². The minimum atomic E-state index is 0.311. The third-order valence-corrected chi connectivity index (χ3v) is 2.77. The lowest BCUT2D eigenvalue weighted by Gasteiger charge is -2.16. The maximum atomic E-state index is 12.2. The average molecular weight is 239 g/mol. The van der Waals surface area contributed by atoms with Gasteiger partial charge in [0, 0.05) is 28.9 Å². The van der Waals surface area contributed by atoms with Crippen molar-refractivity contribution in [3.63, 3.8) is 0 Å². The van der Waals surface area contributed by atoms with Gasteiger partial charge in [0.15, 0.2) is 0 Å². The van der Waals surface area contributed by atoms with Crippen LogP contribution < -0.4 is 4.43 Å². The molecule has 0 spiro atoms. The summed E-state index contributed by atoms with van der Waals surface area (Å²) in [7, 11) is 0. The molecule has 1 aromatic carbocycles. The summed E-state index contributed by atoms with van der Waals surface area (Å²) in [4.78, 5) is 15.8. The fourth-order valence-electron chi connectivity index (χ4n) is 1.90. The molecular formula is C13H9N3O2. The highest BCUT2D eigenvalue weighted by molar-refractivity contribution is 5.75. The molecule has 0 N–H and O–H groups in total. The lowest BCUT2D eigenvalue weighted by Crippen LogP contribution is -2.18. The Morgan fingerprint density at radius 1 is 1.11 bits per heavy atom. The second-order valence-corrected chi connectivity index (χ2v) is 3.86. The van der Waals surface area contributed by atoms with E-state index in [9.17, 15) is 10.1 Å². The molecule has 88 valence electrons. The highest BCUT2D eigenvalue weighted by Gasteiger charge is 2.12. The summed E-state index contributed by atoms with van der Waals surface area (Å²) in [5.74, 6) is 0. The maximum Gasteiger partial charge on any atom is 0.286 e. The van der Waals surface area contributed by atoms with Crippen LogP contribution in [0, 0.1) is 10.1 Å². The molecule has 0 amide bonds. The van der Waals surface area contributed by atoms with Crippen LogP contribution >= 0.6 is 0 Å². The molecule has 0 atom stereocenters. The maximum absolute atomic E-state index is 12.2. The number of nitrogens with zero attached hydrogens (tertiary/aromatic N) is 3. The quantitative estimate of drug-likeness (QED) is 0.610. The molecule has 5 heteroatoms. The summed E-state index contributed by atoms with van der Waals surface area (Å²) in [5, 5.41) is 12.2. The fourth-order valence-corrected chi connectivity index (χ4v) is 1.90. The number of hydrogen-bond donors (Lipinski definition) is 0. The number of pyridine rings is 1. The molecule has 0 aliphatic heterocycles. The smallest absolute Gasteiger partial charge is 0.286 e. The zero-order valence-corrected chi connectivity index (χ0v) is 9.35. The first-order chi connectivity index (χ1) is 8.77. The van der Waals surface area contributed by atoms with Crippen LogP contribution in [0.3, 0.4) is 0 Å². The Balaban J connectivity index is 2.39. The Bertz CT molecular complexity index is 766. The van der Waals surface area contributed by atoms with Gasteiger partial charge in [-0.2, -0.15) is 0 Å². The normalized spacial score (nSPS) is 10.7. The highest BCUT2D eigenvalue weighted by atomic mass is 16.5. The second-order valence-electron chi connectivity index (χ2n) is 3.86. The van der Waals surface area contributed by atoms with Crippen LogP contribution in [0.4, 0.5) is 0 Å². The van der Waals surface area contributed by atoms with Gasteiger partial charge in [0.2, 0.25) is 0 Å². The Kier molecular flexibility index (Phi) is 2.30. The van der Waals surface area contributed by atoms with Gasteiger partial charge in [0.05, 0.1) is 4.43 Å². The van der Waals surface area contributed by atoms with E-state index >= 15 is 0 Å². The molecule has 0 radical (unpaired) electrons. The third kappa shape index (κ3) is 1.53. The van der Waals surface area contributed by atoms with Crippen molar-refractivity contribution in [2.24, 2.45) is 0 Å². The Labute approximate surface area is 102 Å². The highest BCUT2D eigenvalue weighted by Crippen LogP contribution is 2.20. The predicted molar refractivity (Wildman–Crippen MR) is 67.3 cm³/mol. The molecule has 3 aromatic rings. The molecule has 0 fully saturated rings. The topological polar surface area (TPSA) is 63.8 Å². The molecule has 18 heavy (non-hydrogen) atoms. The number of aromatic nitrogens is 3. The van der Waals surface area contributed by atoms with Gasteiger partial charge in [-0.1, -0.05) is 12.1 Å². The molecule has 0 saturated carbocycles. The predicted octanol–water partition coefficient (Wildman–Crippen LogP) is 1.96. The second kappa shape index (κ2) is 3.96. The zero-order valence-electron chi connectivity index (χ0n) is 9.35. The third-order valence-electron chi connectivity index (χ3n) is 2.77. The number of benzene rings is 1. The molecular weight excluding hydrogens is 230 g/mol. The number of hydrogen-bond acceptors (Lipinski definition) is 3. The summed E-state index contributed by atoms with van der Waals surface area (Å²) in [6, 6.07) is 10.1. The minimum absolute atomic E-state index is 0.311. The van der Waals surface area contributed by atoms with Gasteiger partial charge in [0.25, 0.3) is 11.7 Å². The number of para-hydroxylation sites is 2. The molecule has 3 rings (SSSR count). The summed E-state index contributed by atoms with van der Waals surface area (Å²) in [5.41, 5.74) is 1.67. The van der Waals surface area contributed by atoms with Crippen molar-refractivity contribution in [2.75, 3.05) is 0 Å². The van der Waals surface area contributed by atoms with Gasteiger partial charge in [-0.05, 0) is 18.2 Å².